The maximum absolute atomic E-state index is 13.9. The molecule has 0 radical (unpaired) electrons. The molecule has 1 atom stereocenters. The molecule has 12 heteroatoms. The first-order valence-corrected chi connectivity index (χ1v) is 13.3. The summed E-state index contributed by atoms with van der Waals surface area (Å²) in [5.74, 6) is -2.80. The zero-order chi connectivity index (χ0) is 30.1. The second-order valence-electron chi connectivity index (χ2n) is 11.5. The van der Waals surface area contributed by atoms with Gasteiger partial charge in [-0.25, -0.2) is 9.59 Å². The molecule has 0 spiro atoms. The summed E-state index contributed by atoms with van der Waals surface area (Å²) >= 11 is 0. The molecule has 2 rings (SSSR count). The Morgan fingerprint density at radius 2 is 1.48 bits per heavy atom. The van der Waals surface area contributed by atoms with Gasteiger partial charge in [0.1, 0.15) is 11.2 Å². The van der Waals surface area contributed by atoms with E-state index in [0.29, 0.717) is 25.9 Å². The van der Waals surface area contributed by atoms with Crippen LogP contribution in [-0.2, 0) is 19.1 Å². The Morgan fingerprint density at radius 1 is 0.900 bits per heavy atom. The molecule has 0 bridgehead atoms. The van der Waals surface area contributed by atoms with Gasteiger partial charge in [-0.3, -0.25) is 19.3 Å². The lowest BCUT2D eigenvalue weighted by atomic mass is 9.89. The molecule has 4 amide bonds. The topological polar surface area (TPSA) is 167 Å². The average molecular weight is 560 g/mol. The quantitative estimate of drug-likeness (QED) is 0.124. The van der Waals surface area contributed by atoms with Crippen LogP contribution in [0.25, 0.3) is 0 Å². The number of hydrogen-bond donors (Lipinski definition) is 4. The highest BCUT2D eigenvalue weighted by molar-refractivity contribution is 6.23. The molecule has 1 unspecified atom stereocenters. The number of carbonyl (C=O) groups is 5. The molecule has 4 N–H and O–H groups in total. The Hall–Kier alpha value is -3.80. The fourth-order valence-corrected chi connectivity index (χ4v) is 4.11. The molecular formula is C28H41N5O7. The molecule has 0 aliphatic carbocycles. The maximum atomic E-state index is 13.9. The van der Waals surface area contributed by atoms with E-state index in [4.69, 9.17) is 14.9 Å². The number of ether oxygens (including phenoxy) is 2. The Balaban J connectivity index is 2.38. The van der Waals surface area contributed by atoms with E-state index in [2.05, 4.69) is 16.0 Å². The number of alkyl carbamates (subject to hydrolysis) is 1. The highest BCUT2D eigenvalue weighted by Gasteiger charge is 2.55. The summed E-state index contributed by atoms with van der Waals surface area (Å²) in [5, 5.41) is 15.2. The summed E-state index contributed by atoms with van der Waals surface area (Å²) in [7, 11) is 0. The number of nitrogens with zero attached hydrogens (tertiary/aromatic N) is 1. The van der Waals surface area contributed by atoms with Crippen LogP contribution in [0.4, 0.5) is 4.79 Å². The van der Waals surface area contributed by atoms with Gasteiger partial charge in [-0.05, 0) is 79.5 Å². The second kappa shape index (κ2) is 13.5. The van der Waals surface area contributed by atoms with Crippen LogP contribution in [0.2, 0.25) is 0 Å². The third-order valence-electron chi connectivity index (χ3n) is 5.81. The predicted molar refractivity (Wildman–Crippen MR) is 148 cm³/mol. The summed E-state index contributed by atoms with van der Waals surface area (Å²) in [5.41, 5.74) is -3.25. The number of unbranched alkanes of at least 4 members (excludes halogenated alkanes) is 1. The number of carbonyl (C=O) groups excluding carboxylic acids is 5. The molecule has 1 aromatic rings. The SMILES string of the molecule is CC(C)(C)OC(=O)NCC(=O)NCC(CCCCNCC=N)(C(=O)OC(C)(C)C)N1C(=O)c2ccccc2C1=O. The van der Waals surface area contributed by atoms with Crippen LogP contribution in [0, 0.1) is 5.41 Å². The summed E-state index contributed by atoms with van der Waals surface area (Å²) in [6.07, 6.45) is 1.41. The molecule has 0 saturated carbocycles. The lowest BCUT2D eigenvalue weighted by molar-refractivity contribution is -0.167. The monoisotopic (exact) mass is 559 g/mol. The van der Waals surface area contributed by atoms with Crippen LogP contribution >= 0.6 is 0 Å². The van der Waals surface area contributed by atoms with Gasteiger partial charge in [0.15, 0.2) is 5.54 Å². The van der Waals surface area contributed by atoms with E-state index in [1.807, 2.05) is 0 Å². The van der Waals surface area contributed by atoms with Crippen LogP contribution in [0.1, 0.15) is 81.5 Å². The van der Waals surface area contributed by atoms with Crippen molar-refractivity contribution in [1.29, 1.82) is 5.41 Å². The number of nitrogens with one attached hydrogen (secondary N) is 4. The average Bonchev–Trinajstić information content (AvgIpc) is 3.10. The first kappa shape index (κ1) is 32.4. The van der Waals surface area contributed by atoms with Crippen LogP contribution in [0.15, 0.2) is 24.3 Å². The molecule has 220 valence electrons. The molecule has 0 aromatic heterocycles. The number of fused-ring (bicyclic) bond motifs is 1. The minimum atomic E-state index is -1.86. The molecule has 1 heterocycles. The van der Waals surface area contributed by atoms with Crippen molar-refractivity contribution in [3.63, 3.8) is 0 Å². The standard InChI is InChI=1S/C28H41N5O7/c1-26(2,3)39-24(37)28(13-9-10-15-30-16-14-29,18-32-21(34)17-31-25(38)40-27(4,5)6)33-22(35)19-11-7-8-12-20(19)23(33)36/h7-8,11-12,14,29-30H,9-10,13,15-18H2,1-6H3,(H,31,38)(H,32,34). The van der Waals surface area contributed by atoms with E-state index in [0.717, 1.165) is 4.90 Å². The normalized spacial score (nSPS) is 14.7. The van der Waals surface area contributed by atoms with E-state index in [1.165, 1.54) is 18.3 Å². The molecule has 40 heavy (non-hydrogen) atoms. The number of imide groups is 1. The lowest BCUT2D eigenvalue weighted by Crippen LogP contribution is -2.64. The van der Waals surface area contributed by atoms with E-state index >= 15 is 0 Å². The Morgan fingerprint density at radius 3 is 2.00 bits per heavy atom. The maximum Gasteiger partial charge on any atom is 0.408 e. The summed E-state index contributed by atoms with van der Waals surface area (Å²) < 4.78 is 10.9. The van der Waals surface area contributed by atoms with Gasteiger partial charge in [-0.1, -0.05) is 12.1 Å². The van der Waals surface area contributed by atoms with E-state index < -0.39 is 59.6 Å². The van der Waals surface area contributed by atoms with Crippen molar-refractivity contribution in [2.75, 3.05) is 26.2 Å². The van der Waals surface area contributed by atoms with Crippen molar-refractivity contribution >= 4 is 36.0 Å². The van der Waals surface area contributed by atoms with Gasteiger partial charge >= 0.3 is 12.1 Å². The van der Waals surface area contributed by atoms with Crippen LogP contribution < -0.4 is 16.0 Å². The zero-order valence-electron chi connectivity index (χ0n) is 24.1. The number of amides is 4. The first-order valence-electron chi connectivity index (χ1n) is 13.3. The molecular weight excluding hydrogens is 518 g/mol. The van der Waals surface area contributed by atoms with Crippen molar-refractivity contribution in [2.24, 2.45) is 0 Å². The van der Waals surface area contributed by atoms with Gasteiger partial charge in [-0.2, -0.15) is 0 Å². The van der Waals surface area contributed by atoms with Crippen molar-refractivity contribution < 1.29 is 33.4 Å². The zero-order valence-corrected chi connectivity index (χ0v) is 24.1. The lowest BCUT2D eigenvalue weighted by Gasteiger charge is -2.40. The summed E-state index contributed by atoms with van der Waals surface area (Å²) in [4.78, 5) is 66.6. The van der Waals surface area contributed by atoms with Crippen molar-refractivity contribution in [3.8, 4) is 0 Å². The smallest absolute Gasteiger partial charge is 0.408 e. The van der Waals surface area contributed by atoms with Crippen LogP contribution in [0.3, 0.4) is 0 Å². The minimum Gasteiger partial charge on any atom is -0.458 e. The van der Waals surface area contributed by atoms with Crippen molar-refractivity contribution in [3.05, 3.63) is 35.4 Å². The predicted octanol–water partition coefficient (Wildman–Crippen LogP) is 2.41. The first-order chi connectivity index (χ1) is 18.6. The summed E-state index contributed by atoms with van der Waals surface area (Å²) in [6.45, 7) is 10.1. The third kappa shape index (κ3) is 8.87. The molecule has 1 aliphatic rings. The van der Waals surface area contributed by atoms with Crippen molar-refractivity contribution in [2.45, 2.75) is 77.5 Å². The summed E-state index contributed by atoms with van der Waals surface area (Å²) in [6, 6.07) is 6.28. The van der Waals surface area contributed by atoms with Crippen LogP contribution in [0.5, 0.6) is 0 Å². The number of rotatable bonds is 13. The van der Waals surface area contributed by atoms with Gasteiger partial charge in [0.2, 0.25) is 5.91 Å². The molecule has 1 aromatic carbocycles. The van der Waals surface area contributed by atoms with Gasteiger partial charge < -0.3 is 30.8 Å². The van der Waals surface area contributed by atoms with Crippen LogP contribution in [-0.4, -0.2) is 83.8 Å². The number of esters is 1. The molecule has 1 aliphatic heterocycles. The molecule has 0 saturated heterocycles. The largest absolute Gasteiger partial charge is 0.458 e. The van der Waals surface area contributed by atoms with Gasteiger partial charge in [0.25, 0.3) is 11.8 Å². The highest BCUT2D eigenvalue weighted by atomic mass is 16.6. The fraction of sp³-hybridized carbons (Fsp3) is 0.571. The van der Waals surface area contributed by atoms with E-state index in [9.17, 15) is 24.0 Å². The highest BCUT2D eigenvalue weighted by Crippen LogP contribution is 2.34. The van der Waals surface area contributed by atoms with Crippen molar-refractivity contribution in [1.82, 2.24) is 20.9 Å². The number of hydrogen-bond acceptors (Lipinski definition) is 9. The minimum absolute atomic E-state index is 0.0133. The molecule has 12 nitrogen and oxygen atoms in total. The number of benzene rings is 1. The Kier molecular flexibility index (Phi) is 10.9. The van der Waals surface area contributed by atoms with E-state index in [1.54, 1.807) is 53.7 Å². The van der Waals surface area contributed by atoms with Gasteiger partial charge in [0.05, 0.1) is 24.2 Å². The third-order valence-corrected chi connectivity index (χ3v) is 5.81. The second-order valence-corrected chi connectivity index (χ2v) is 11.5. The Labute approximate surface area is 235 Å². The van der Waals surface area contributed by atoms with E-state index in [-0.39, 0.29) is 17.5 Å². The molecule has 0 fully saturated rings. The van der Waals surface area contributed by atoms with Gasteiger partial charge in [-0.15, -0.1) is 0 Å². The van der Waals surface area contributed by atoms with Gasteiger partial charge in [0, 0.05) is 12.8 Å². The Bertz CT molecular complexity index is 1090. The fourth-order valence-electron chi connectivity index (χ4n) is 4.11.